The molecule has 1 aromatic rings. The van der Waals surface area contributed by atoms with Crippen LogP contribution in [-0.4, -0.2) is 18.0 Å². The average molecular weight is 265 g/mol. The molecule has 100 valence electrons. The van der Waals surface area contributed by atoms with Crippen molar-refractivity contribution in [3.05, 3.63) is 29.3 Å². The van der Waals surface area contributed by atoms with Gasteiger partial charge in [-0.15, -0.1) is 0 Å². The number of carbonyl (C=O) groups is 1. The van der Waals surface area contributed by atoms with Crippen LogP contribution in [0.3, 0.4) is 0 Å². The number of benzene rings is 1. The van der Waals surface area contributed by atoms with Gasteiger partial charge in [0.1, 0.15) is 12.1 Å². The minimum Gasteiger partial charge on any atom is -0.371 e. The fourth-order valence-electron chi connectivity index (χ4n) is 1.60. The van der Waals surface area contributed by atoms with E-state index in [1.165, 1.54) is 12.1 Å². The normalized spacial score (nSPS) is 15.5. The molecule has 0 radical (unpaired) electrons. The van der Waals surface area contributed by atoms with Crippen molar-refractivity contribution in [1.82, 2.24) is 5.32 Å². The molecule has 2 rings (SSSR count). The second kappa shape index (κ2) is 5.22. The number of nitriles is 1. The number of hydrogen-bond acceptors (Lipinski definition) is 3. The lowest BCUT2D eigenvalue weighted by molar-refractivity contribution is -0.121. The van der Waals surface area contributed by atoms with E-state index in [0.717, 1.165) is 12.8 Å². The molecular weight excluding hydrogens is 252 g/mol. The van der Waals surface area contributed by atoms with Gasteiger partial charge in [-0.05, 0) is 31.9 Å². The molecule has 1 amide bonds. The zero-order valence-electron chi connectivity index (χ0n) is 10.3. The maximum Gasteiger partial charge on any atom is 0.242 e. The highest BCUT2D eigenvalue weighted by Gasteiger charge is 2.26. The van der Waals surface area contributed by atoms with E-state index in [-0.39, 0.29) is 23.2 Å². The predicted molar refractivity (Wildman–Crippen MR) is 65.3 cm³/mol. The molecule has 0 heterocycles. The smallest absolute Gasteiger partial charge is 0.242 e. The van der Waals surface area contributed by atoms with Crippen LogP contribution in [0.4, 0.5) is 14.5 Å². The van der Waals surface area contributed by atoms with Gasteiger partial charge in [-0.1, -0.05) is 0 Å². The number of carbonyl (C=O) groups excluding carboxylic acids is 1. The summed E-state index contributed by atoms with van der Waals surface area (Å²) in [4.78, 5) is 11.7. The van der Waals surface area contributed by atoms with Crippen LogP contribution in [0, 0.1) is 23.0 Å². The first-order chi connectivity index (χ1) is 9.02. The SMILES string of the molecule is CC(Nc1ccc(C#N)c(F)c1F)C(=O)NC1CC1. The Hall–Kier alpha value is -2.16. The molecule has 1 fully saturated rings. The van der Waals surface area contributed by atoms with Crippen LogP contribution in [0.5, 0.6) is 0 Å². The third-order valence-corrected chi connectivity index (χ3v) is 2.89. The van der Waals surface area contributed by atoms with Gasteiger partial charge in [-0.25, -0.2) is 8.78 Å². The molecule has 19 heavy (non-hydrogen) atoms. The van der Waals surface area contributed by atoms with Crippen molar-refractivity contribution < 1.29 is 13.6 Å². The number of halogens is 2. The summed E-state index contributed by atoms with van der Waals surface area (Å²) in [5, 5.41) is 13.9. The topological polar surface area (TPSA) is 64.9 Å². The number of rotatable bonds is 4. The summed E-state index contributed by atoms with van der Waals surface area (Å²) in [5.41, 5.74) is -0.493. The molecule has 0 saturated heterocycles. The Morgan fingerprint density at radius 1 is 1.42 bits per heavy atom. The molecule has 6 heteroatoms. The van der Waals surface area contributed by atoms with Crippen LogP contribution in [0.25, 0.3) is 0 Å². The van der Waals surface area contributed by atoms with Gasteiger partial charge in [-0.2, -0.15) is 5.26 Å². The van der Waals surface area contributed by atoms with Crippen LogP contribution >= 0.6 is 0 Å². The van der Waals surface area contributed by atoms with Crippen molar-refractivity contribution in [2.45, 2.75) is 31.8 Å². The number of nitrogens with zero attached hydrogens (tertiary/aromatic N) is 1. The maximum absolute atomic E-state index is 13.6. The van der Waals surface area contributed by atoms with Crippen LogP contribution < -0.4 is 10.6 Å². The molecule has 0 bridgehead atoms. The molecular formula is C13H13F2N3O. The number of nitrogens with one attached hydrogen (secondary N) is 2. The molecule has 1 aliphatic carbocycles. The first-order valence-corrected chi connectivity index (χ1v) is 5.98. The van der Waals surface area contributed by atoms with Crippen LogP contribution in [0.1, 0.15) is 25.3 Å². The molecule has 1 aliphatic rings. The third-order valence-electron chi connectivity index (χ3n) is 2.89. The predicted octanol–water partition coefficient (Wildman–Crippen LogP) is 1.92. The molecule has 1 saturated carbocycles. The summed E-state index contributed by atoms with van der Waals surface area (Å²) in [5.74, 6) is -2.61. The molecule has 2 N–H and O–H groups in total. The zero-order chi connectivity index (χ0) is 14.0. The van der Waals surface area contributed by atoms with E-state index in [0.29, 0.717) is 0 Å². The molecule has 1 unspecified atom stereocenters. The van der Waals surface area contributed by atoms with E-state index in [1.54, 1.807) is 13.0 Å². The summed E-state index contributed by atoms with van der Waals surface area (Å²) >= 11 is 0. The van der Waals surface area contributed by atoms with Gasteiger partial charge < -0.3 is 10.6 Å². The van der Waals surface area contributed by atoms with Crippen molar-refractivity contribution in [1.29, 1.82) is 5.26 Å². The highest BCUT2D eigenvalue weighted by molar-refractivity contribution is 5.84. The van der Waals surface area contributed by atoms with E-state index in [9.17, 15) is 13.6 Å². The molecule has 1 aromatic carbocycles. The standard InChI is InChI=1S/C13H13F2N3O/c1-7(13(19)18-9-3-4-9)17-10-5-2-8(6-16)11(14)12(10)15/h2,5,7,9,17H,3-4H2,1H3,(H,18,19). The first-order valence-electron chi connectivity index (χ1n) is 5.98. The van der Waals surface area contributed by atoms with Crippen molar-refractivity contribution in [2.75, 3.05) is 5.32 Å². The van der Waals surface area contributed by atoms with Gasteiger partial charge in [0, 0.05) is 6.04 Å². The molecule has 0 spiro atoms. The molecule has 4 nitrogen and oxygen atoms in total. The van der Waals surface area contributed by atoms with E-state index in [1.807, 2.05) is 0 Å². The lowest BCUT2D eigenvalue weighted by Crippen LogP contribution is -2.38. The van der Waals surface area contributed by atoms with Gasteiger partial charge >= 0.3 is 0 Å². The Balaban J connectivity index is 2.08. The van der Waals surface area contributed by atoms with Crippen molar-refractivity contribution in [2.24, 2.45) is 0 Å². The Kier molecular flexibility index (Phi) is 3.65. The Morgan fingerprint density at radius 3 is 2.68 bits per heavy atom. The zero-order valence-corrected chi connectivity index (χ0v) is 10.3. The van der Waals surface area contributed by atoms with Crippen molar-refractivity contribution in [3.8, 4) is 6.07 Å². The Labute approximate surface area is 109 Å². The number of amides is 1. The lowest BCUT2D eigenvalue weighted by Gasteiger charge is -2.15. The first kappa shape index (κ1) is 13.3. The summed E-state index contributed by atoms with van der Waals surface area (Å²) in [7, 11) is 0. The second-order valence-electron chi connectivity index (χ2n) is 4.55. The van der Waals surface area contributed by atoms with E-state index >= 15 is 0 Å². The monoisotopic (exact) mass is 265 g/mol. The van der Waals surface area contributed by atoms with Gasteiger partial charge in [-0.3, -0.25) is 4.79 Å². The molecule has 0 aliphatic heterocycles. The average Bonchev–Trinajstić information content (AvgIpc) is 3.19. The Morgan fingerprint density at radius 2 is 2.11 bits per heavy atom. The van der Waals surface area contributed by atoms with Gasteiger partial charge in [0.25, 0.3) is 0 Å². The number of hydrogen-bond donors (Lipinski definition) is 2. The molecule has 0 aromatic heterocycles. The van der Waals surface area contributed by atoms with Crippen molar-refractivity contribution in [3.63, 3.8) is 0 Å². The minimum absolute atomic E-state index is 0.130. The largest absolute Gasteiger partial charge is 0.371 e. The highest BCUT2D eigenvalue weighted by atomic mass is 19.2. The fourth-order valence-corrected chi connectivity index (χ4v) is 1.60. The minimum atomic E-state index is -1.21. The summed E-state index contributed by atoms with van der Waals surface area (Å²) in [6, 6.07) is 3.50. The van der Waals surface area contributed by atoms with Gasteiger partial charge in [0.2, 0.25) is 5.91 Å². The molecule has 1 atom stereocenters. The summed E-state index contributed by atoms with van der Waals surface area (Å²) < 4.78 is 27.0. The quantitative estimate of drug-likeness (QED) is 0.874. The lowest BCUT2D eigenvalue weighted by atomic mass is 10.2. The van der Waals surface area contributed by atoms with Gasteiger partial charge in [0.15, 0.2) is 11.6 Å². The van der Waals surface area contributed by atoms with E-state index < -0.39 is 17.7 Å². The van der Waals surface area contributed by atoms with Crippen molar-refractivity contribution >= 4 is 11.6 Å². The Bertz CT molecular complexity index is 550. The third kappa shape index (κ3) is 2.99. The fraction of sp³-hybridized carbons (Fsp3) is 0.385. The van der Waals surface area contributed by atoms with Gasteiger partial charge in [0.05, 0.1) is 11.3 Å². The number of anilines is 1. The van der Waals surface area contributed by atoms with Crippen LogP contribution in [-0.2, 0) is 4.79 Å². The highest BCUT2D eigenvalue weighted by Crippen LogP contribution is 2.22. The summed E-state index contributed by atoms with van der Waals surface area (Å²) in [6.45, 7) is 1.56. The summed E-state index contributed by atoms with van der Waals surface area (Å²) in [6.07, 6.45) is 1.91. The van der Waals surface area contributed by atoms with E-state index in [4.69, 9.17) is 5.26 Å². The maximum atomic E-state index is 13.6. The van der Waals surface area contributed by atoms with E-state index in [2.05, 4.69) is 10.6 Å². The van der Waals surface area contributed by atoms with Crippen LogP contribution in [0.2, 0.25) is 0 Å². The van der Waals surface area contributed by atoms with Crippen LogP contribution in [0.15, 0.2) is 12.1 Å². The second-order valence-corrected chi connectivity index (χ2v) is 4.55.